The lowest BCUT2D eigenvalue weighted by Gasteiger charge is -2.31. The predicted molar refractivity (Wildman–Crippen MR) is 131 cm³/mol. The minimum Gasteiger partial charge on any atom is -0.466 e. The van der Waals surface area contributed by atoms with E-state index in [-0.39, 0.29) is 36.0 Å². The van der Waals surface area contributed by atoms with Crippen LogP contribution in [0.4, 0.5) is 5.69 Å². The smallest absolute Gasteiger partial charge is 0.310 e. The number of nitrogens with zero attached hydrogens (tertiary/aromatic N) is 2. The van der Waals surface area contributed by atoms with E-state index in [1.165, 1.54) is 5.56 Å². The molecule has 0 N–H and O–H groups in total. The summed E-state index contributed by atoms with van der Waals surface area (Å²) in [6, 6.07) is 16.0. The third-order valence-corrected chi connectivity index (χ3v) is 6.61. The van der Waals surface area contributed by atoms with E-state index in [4.69, 9.17) is 4.74 Å². The number of anilines is 1. The number of esters is 1. The molecule has 2 amide bonds. The van der Waals surface area contributed by atoms with Crippen LogP contribution < -0.4 is 4.90 Å². The summed E-state index contributed by atoms with van der Waals surface area (Å²) in [7, 11) is 0. The molecule has 2 aliphatic rings. The van der Waals surface area contributed by atoms with Crippen molar-refractivity contribution < 1.29 is 19.1 Å². The Morgan fingerprint density at radius 2 is 1.76 bits per heavy atom. The molecule has 1 atom stereocenters. The van der Waals surface area contributed by atoms with Crippen molar-refractivity contribution in [2.75, 3.05) is 24.6 Å². The Morgan fingerprint density at radius 3 is 2.44 bits per heavy atom. The highest BCUT2D eigenvalue weighted by Gasteiger charge is 2.34. The van der Waals surface area contributed by atoms with Gasteiger partial charge in [-0.1, -0.05) is 42.0 Å². The molecule has 2 aromatic carbocycles. The number of piperidine rings is 1. The van der Waals surface area contributed by atoms with Crippen molar-refractivity contribution in [3.8, 4) is 0 Å². The zero-order valence-electron chi connectivity index (χ0n) is 20.2. The molecule has 1 saturated heterocycles. The van der Waals surface area contributed by atoms with Gasteiger partial charge in [0.2, 0.25) is 11.8 Å². The molecule has 1 heterocycles. The second kappa shape index (κ2) is 10.9. The standard InChI is InChI=1S/C28H34N2O4/c1-3-34-28(33)24-8-5-15-29(19-24)26(31)17-21-9-13-25(14-10-21)30(27(32)23-11-12-23)18-22-7-4-6-20(2)16-22/h4,6-7,9-10,13-14,16,23-24H,3,5,8,11-12,15,17-19H2,1-2H3. The zero-order valence-corrected chi connectivity index (χ0v) is 20.2. The maximum atomic E-state index is 13.0. The molecule has 4 rings (SSSR count). The molecular formula is C28H34N2O4. The van der Waals surface area contributed by atoms with Gasteiger partial charge in [0.05, 0.1) is 25.5 Å². The first kappa shape index (κ1) is 24.0. The molecule has 1 aliphatic heterocycles. The van der Waals surface area contributed by atoms with Crippen LogP contribution in [0.3, 0.4) is 0 Å². The fourth-order valence-corrected chi connectivity index (χ4v) is 4.58. The number of rotatable bonds is 8. The number of hydrogen-bond donors (Lipinski definition) is 0. The van der Waals surface area contributed by atoms with Crippen molar-refractivity contribution in [1.29, 1.82) is 0 Å². The molecule has 1 aliphatic carbocycles. The number of benzene rings is 2. The van der Waals surface area contributed by atoms with Crippen LogP contribution in [0, 0.1) is 18.8 Å². The van der Waals surface area contributed by atoms with E-state index < -0.39 is 0 Å². The first-order valence-corrected chi connectivity index (χ1v) is 12.3. The van der Waals surface area contributed by atoms with Crippen LogP contribution >= 0.6 is 0 Å². The minimum absolute atomic E-state index is 0.0208. The fraction of sp³-hybridized carbons (Fsp3) is 0.464. The third-order valence-electron chi connectivity index (χ3n) is 6.61. The van der Waals surface area contributed by atoms with Gasteiger partial charge < -0.3 is 14.5 Å². The Hall–Kier alpha value is -3.15. The Kier molecular flexibility index (Phi) is 7.66. The first-order chi connectivity index (χ1) is 16.4. The average molecular weight is 463 g/mol. The van der Waals surface area contributed by atoms with Gasteiger partial charge >= 0.3 is 5.97 Å². The van der Waals surface area contributed by atoms with Gasteiger partial charge in [-0.3, -0.25) is 14.4 Å². The number of ether oxygens (including phenoxy) is 1. The Bertz CT molecular complexity index is 1030. The molecule has 1 saturated carbocycles. The summed E-state index contributed by atoms with van der Waals surface area (Å²) < 4.78 is 5.14. The Balaban J connectivity index is 1.41. The highest BCUT2D eigenvalue weighted by molar-refractivity contribution is 5.96. The van der Waals surface area contributed by atoms with Crippen LogP contribution in [0.15, 0.2) is 48.5 Å². The van der Waals surface area contributed by atoms with Crippen LogP contribution in [0.1, 0.15) is 49.3 Å². The van der Waals surface area contributed by atoms with Crippen molar-refractivity contribution in [3.63, 3.8) is 0 Å². The van der Waals surface area contributed by atoms with E-state index in [1.54, 1.807) is 11.8 Å². The van der Waals surface area contributed by atoms with Gasteiger partial charge in [0.25, 0.3) is 0 Å². The van der Waals surface area contributed by atoms with Gasteiger partial charge in [0.15, 0.2) is 0 Å². The summed E-state index contributed by atoms with van der Waals surface area (Å²) in [5.74, 6) is -0.129. The van der Waals surface area contributed by atoms with Gasteiger partial charge in [-0.15, -0.1) is 0 Å². The number of carbonyl (C=O) groups is 3. The number of amides is 2. The molecule has 6 nitrogen and oxygen atoms in total. The monoisotopic (exact) mass is 462 g/mol. The van der Waals surface area contributed by atoms with Gasteiger partial charge in [-0.05, 0) is 62.8 Å². The van der Waals surface area contributed by atoms with Gasteiger partial charge in [-0.25, -0.2) is 0 Å². The van der Waals surface area contributed by atoms with E-state index in [9.17, 15) is 14.4 Å². The number of carbonyl (C=O) groups excluding carboxylic acids is 3. The van der Waals surface area contributed by atoms with Crippen LogP contribution in [0.2, 0.25) is 0 Å². The molecule has 0 radical (unpaired) electrons. The van der Waals surface area contributed by atoms with Crippen molar-refractivity contribution >= 4 is 23.5 Å². The molecule has 0 aromatic heterocycles. The van der Waals surface area contributed by atoms with Gasteiger partial charge in [-0.2, -0.15) is 0 Å². The zero-order chi connectivity index (χ0) is 24.1. The quantitative estimate of drug-likeness (QED) is 0.549. The van der Waals surface area contributed by atoms with Gasteiger partial charge in [0, 0.05) is 24.7 Å². The summed E-state index contributed by atoms with van der Waals surface area (Å²) >= 11 is 0. The van der Waals surface area contributed by atoms with E-state index in [0.29, 0.717) is 26.2 Å². The highest BCUT2D eigenvalue weighted by Crippen LogP contribution is 2.33. The summed E-state index contributed by atoms with van der Waals surface area (Å²) in [5, 5.41) is 0. The third kappa shape index (κ3) is 6.04. The van der Waals surface area contributed by atoms with E-state index in [2.05, 4.69) is 25.1 Å². The molecule has 180 valence electrons. The summed E-state index contributed by atoms with van der Waals surface area (Å²) in [6.07, 6.45) is 3.77. The SMILES string of the molecule is CCOC(=O)C1CCCN(C(=O)Cc2ccc(N(Cc3cccc(C)c3)C(=O)C3CC3)cc2)C1. The molecular weight excluding hydrogens is 428 g/mol. The molecule has 34 heavy (non-hydrogen) atoms. The molecule has 2 aromatic rings. The lowest BCUT2D eigenvalue weighted by molar-refractivity contribution is -0.151. The van der Waals surface area contributed by atoms with Crippen LogP contribution in [0.25, 0.3) is 0 Å². The van der Waals surface area contributed by atoms with Crippen LogP contribution in [-0.4, -0.2) is 42.4 Å². The fourth-order valence-electron chi connectivity index (χ4n) is 4.58. The van der Waals surface area contributed by atoms with Crippen LogP contribution in [0.5, 0.6) is 0 Å². The molecule has 2 fully saturated rings. The van der Waals surface area contributed by atoms with Crippen molar-refractivity contribution in [3.05, 3.63) is 65.2 Å². The number of likely N-dealkylation sites (tertiary alicyclic amines) is 1. The maximum absolute atomic E-state index is 13.0. The summed E-state index contributed by atoms with van der Waals surface area (Å²) in [4.78, 5) is 41.7. The van der Waals surface area contributed by atoms with Crippen molar-refractivity contribution in [2.45, 2.75) is 52.5 Å². The second-order valence-electron chi connectivity index (χ2n) is 9.46. The van der Waals surface area contributed by atoms with E-state index in [0.717, 1.165) is 42.5 Å². The summed E-state index contributed by atoms with van der Waals surface area (Å²) in [5.41, 5.74) is 4.04. The van der Waals surface area contributed by atoms with E-state index >= 15 is 0 Å². The normalized spacial score (nSPS) is 17.8. The number of aryl methyl sites for hydroxylation is 1. The van der Waals surface area contributed by atoms with Gasteiger partial charge in [0.1, 0.15) is 0 Å². The first-order valence-electron chi connectivity index (χ1n) is 12.3. The lowest BCUT2D eigenvalue weighted by atomic mass is 9.97. The highest BCUT2D eigenvalue weighted by atomic mass is 16.5. The molecule has 0 bridgehead atoms. The predicted octanol–water partition coefficient (Wildman–Crippen LogP) is 4.28. The van der Waals surface area contributed by atoms with Crippen molar-refractivity contribution in [2.24, 2.45) is 11.8 Å². The number of hydrogen-bond acceptors (Lipinski definition) is 4. The van der Waals surface area contributed by atoms with E-state index in [1.807, 2.05) is 35.2 Å². The molecule has 1 unspecified atom stereocenters. The maximum Gasteiger partial charge on any atom is 0.310 e. The Labute approximate surface area is 201 Å². The Morgan fingerprint density at radius 1 is 1.00 bits per heavy atom. The van der Waals surface area contributed by atoms with Crippen LogP contribution in [-0.2, 0) is 32.1 Å². The molecule has 0 spiro atoms. The largest absolute Gasteiger partial charge is 0.466 e. The topological polar surface area (TPSA) is 66.9 Å². The lowest BCUT2D eigenvalue weighted by Crippen LogP contribution is -2.43. The molecule has 6 heteroatoms. The minimum atomic E-state index is -0.233. The second-order valence-corrected chi connectivity index (χ2v) is 9.46. The average Bonchev–Trinajstić information content (AvgIpc) is 3.69. The summed E-state index contributed by atoms with van der Waals surface area (Å²) in [6.45, 7) is 5.86. The van der Waals surface area contributed by atoms with Crippen molar-refractivity contribution in [1.82, 2.24) is 4.90 Å².